The van der Waals surface area contributed by atoms with Gasteiger partial charge in [-0.2, -0.15) is 5.10 Å². The number of nitrogens with zero attached hydrogens (tertiary/aromatic N) is 4. The number of fused-ring (bicyclic) bond motifs is 1. The van der Waals surface area contributed by atoms with Crippen LogP contribution in [0, 0.1) is 0 Å². The minimum absolute atomic E-state index is 0.218. The van der Waals surface area contributed by atoms with Crippen LogP contribution >= 0.6 is 0 Å². The van der Waals surface area contributed by atoms with Crippen LogP contribution in [0.2, 0.25) is 0 Å². The molecule has 2 heterocycles. The number of hydrogen-bond acceptors (Lipinski definition) is 3. The molecule has 0 atom stereocenters. The van der Waals surface area contributed by atoms with E-state index in [0.29, 0.717) is 16.9 Å². The number of imidazole rings is 1. The van der Waals surface area contributed by atoms with Crippen molar-refractivity contribution in [2.24, 2.45) is 7.05 Å². The molecule has 0 fully saturated rings. The number of carbonyl (C=O) groups is 1. The van der Waals surface area contributed by atoms with Crippen LogP contribution in [0.25, 0.3) is 16.9 Å². The highest BCUT2D eigenvalue weighted by Gasteiger charge is 2.14. The van der Waals surface area contributed by atoms with Crippen LogP contribution in [0.3, 0.4) is 0 Å². The molecule has 0 radical (unpaired) electrons. The number of rotatable bonds is 2. The summed E-state index contributed by atoms with van der Waals surface area (Å²) in [5.74, 6) is -0.327. The van der Waals surface area contributed by atoms with Crippen molar-refractivity contribution in [3.05, 3.63) is 42.4 Å². The maximum atomic E-state index is 11.2. The van der Waals surface area contributed by atoms with Gasteiger partial charge in [-0.3, -0.25) is 9.25 Å². The standard InChI is InChI=1S/C12H10N4O2/c1-15-6-5-10(14-15)16-7-13-9-4-2-3-8(11(9)16)12(17)18/h2-7H,1H3,(H,17,18). The van der Waals surface area contributed by atoms with Crippen LogP contribution in [-0.2, 0) is 7.05 Å². The molecule has 0 saturated heterocycles. The zero-order chi connectivity index (χ0) is 12.7. The average molecular weight is 242 g/mol. The summed E-state index contributed by atoms with van der Waals surface area (Å²) >= 11 is 0. The van der Waals surface area contributed by atoms with Crippen LogP contribution in [0.1, 0.15) is 10.4 Å². The highest BCUT2D eigenvalue weighted by Crippen LogP contribution is 2.21. The zero-order valence-corrected chi connectivity index (χ0v) is 9.61. The Labute approximate surface area is 102 Å². The first kappa shape index (κ1) is 10.5. The summed E-state index contributed by atoms with van der Waals surface area (Å²) in [6.45, 7) is 0. The summed E-state index contributed by atoms with van der Waals surface area (Å²) in [6, 6.07) is 6.83. The first-order chi connectivity index (χ1) is 8.66. The number of carboxylic acids is 1. The van der Waals surface area contributed by atoms with Gasteiger partial charge in [0.05, 0.1) is 16.6 Å². The highest BCUT2D eigenvalue weighted by molar-refractivity contribution is 6.01. The van der Waals surface area contributed by atoms with Gasteiger partial charge in [-0.15, -0.1) is 0 Å². The summed E-state index contributed by atoms with van der Waals surface area (Å²) < 4.78 is 3.34. The number of para-hydroxylation sites is 1. The van der Waals surface area contributed by atoms with E-state index in [1.54, 1.807) is 53.1 Å². The molecular formula is C12H10N4O2. The van der Waals surface area contributed by atoms with Crippen LogP contribution in [0.15, 0.2) is 36.8 Å². The number of aromatic nitrogens is 4. The molecule has 0 aliphatic rings. The van der Waals surface area contributed by atoms with Crippen molar-refractivity contribution in [2.75, 3.05) is 0 Å². The van der Waals surface area contributed by atoms with Gasteiger partial charge in [0.15, 0.2) is 5.82 Å². The lowest BCUT2D eigenvalue weighted by atomic mass is 10.2. The fourth-order valence-corrected chi connectivity index (χ4v) is 1.94. The highest BCUT2D eigenvalue weighted by atomic mass is 16.4. The summed E-state index contributed by atoms with van der Waals surface area (Å²) in [5, 5.41) is 13.5. The zero-order valence-electron chi connectivity index (χ0n) is 9.61. The average Bonchev–Trinajstić information content (AvgIpc) is 2.94. The Kier molecular flexibility index (Phi) is 2.16. The van der Waals surface area contributed by atoms with Crippen molar-refractivity contribution in [2.45, 2.75) is 0 Å². The van der Waals surface area contributed by atoms with E-state index >= 15 is 0 Å². The first-order valence-electron chi connectivity index (χ1n) is 5.36. The molecular weight excluding hydrogens is 232 g/mol. The van der Waals surface area contributed by atoms with Gasteiger partial charge in [-0.25, -0.2) is 9.78 Å². The van der Waals surface area contributed by atoms with E-state index in [9.17, 15) is 9.90 Å². The molecule has 3 rings (SSSR count). The van der Waals surface area contributed by atoms with Crippen LogP contribution in [-0.4, -0.2) is 30.4 Å². The molecule has 0 bridgehead atoms. The van der Waals surface area contributed by atoms with Gasteiger partial charge >= 0.3 is 5.97 Å². The van der Waals surface area contributed by atoms with Crippen molar-refractivity contribution in [3.63, 3.8) is 0 Å². The maximum absolute atomic E-state index is 11.2. The van der Waals surface area contributed by atoms with Crippen LogP contribution in [0.4, 0.5) is 0 Å². The van der Waals surface area contributed by atoms with E-state index in [0.717, 1.165) is 0 Å². The first-order valence-corrected chi connectivity index (χ1v) is 5.36. The van der Waals surface area contributed by atoms with Crippen molar-refractivity contribution in [1.29, 1.82) is 0 Å². The van der Waals surface area contributed by atoms with Gasteiger partial charge < -0.3 is 5.11 Å². The number of carboxylic acid groups (broad SMARTS) is 1. The Morgan fingerprint density at radius 3 is 2.83 bits per heavy atom. The third-order valence-corrected chi connectivity index (χ3v) is 2.74. The monoisotopic (exact) mass is 242 g/mol. The number of aromatic carboxylic acids is 1. The van der Waals surface area contributed by atoms with Gasteiger partial charge in [0.2, 0.25) is 0 Å². The number of benzene rings is 1. The molecule has 0 unspecified atom stereocenters. The molecule has 6 nitrogen and oxygen atoms in total. The van der Waals surface area contributed by atoms with Gasteiger partial charge in [-0.05, 0) is 12.1 Å². The van der Waals surface area contributed by atoms with Crippen molar-refractivity contribution >= 4 is 17.0 Å². The summed E-state index contributed by atoms with van der Waals surface area (Å²) in [6.07, 6.45) is 3.38. The van der Waals surface area contributed by atoms with E-state index < -0.39 is 5.97 Å². The molecule has 0 aliphatic heterocycles. The SMILES string of the molecule is Cn1ccc(-n2cnc3cccc(C(=O)O)c32)n1. The minimum Gasteiger partial charge on any atom is -0.478 e. The van der Waals surface area contributed by atoms with E-state index in [1.165, 1.54) is 0 Å². The third kappa shape index (κ3) is 1.46. The molecule has 1 N–H and O–H groups in total. The topological polar surface area (TPSA) is 72.9 Å². The second-order valence-corrected chi connectivity index (χ2v) is 3.94. The lowest BCUT2D eigenvalue weighted by Gasteiger charge is -2.02. The summed E-state index contributed by atoms with van der Waals surface area (Å²) in [4.78, 5) is 15.4. The quantitative estimate of drug-likeness (QED) is 0.738. The molecule has 0 spiro atoms. The van der Waals surface area contributed by atoms with Crippen molar-refractivity contribution < 1.29 is 9.90 Å². The predicted molar refractivity (Wildman–Crippen MR) is 64.8 cm³/mol. The molecule has 90 valence electrons. The Hall–Kier alpha value is -2.63. The Morgan fingerprint density at radius 1 is 1.33 bits per heavy atom. The predicted octanol–water partition coefficient (Wildman–Crippen LogP) is 1.46. The molecule has 2 aromatic heterocycles. The molecule has 0 amide bonds. The largest absolute Gasteiger partial charge is 0.478 e. The lowest BCUT2D eigenvalue weighted by Crippen LogP contribution is -2.02. The third-order valence-electron chi connectivity index (χ3n) is 2.74. The maximum Gasteiger partial charge on any atom is 0.337 e. The van der Waals surface area contributed by atoms with Crippen LogP contribution < -0.4 is 0 Å². The second-order valence-electron chi connectivity index (χ2n) is 3.94. The lowest BCUT2D eigenvalue weighted by molar-refractivity contribution is 0.0698. The van der Waals surface area contributed by atoms with Crippen LogP contribution in [0.5, 0.6) is 0 Å². The van der Waals surface area contributed by atoms with Gasteiger partial charge in [0, 0.05) is 19.3 Å². The molecule has 1 aromatic carbocycles. The molecule has 6 heteroatoms. The number of hydrogen-bond donors (Lipinski definition) is 1. The Bertz CT molecular complexity index is 741. The molecule has 3 aromatic rings. The van der Waals surface area contributed by atoms with Gasteiger partial charge in [0.1, 0.15) is 6.33 Å². The normalized spacial score (nSPS) is 10.9. The van der Waals surface area contributed by atoms with Crippen molar-refractivity contribution in [3.8, 4) is 5.82 Å². The Balaban J connectivity index is 2.34. The summed E-state index contributed by atoms with van der Waals surface area (Å²) in [5.41, 5.74) is 1.42. The van der Waals surface area contributed by atoms with E-state index in [1.807, 2.05) is 0 Å². The van der Waals surface area contributed by atoms with Gasteiger partial charge in [-0.1, -0.05) is 6.07 Å². The van der Waals surface area contributed by atoms with Gasteiger partial charge in [0.25, 0.3) is 0 Å². The smallest absolute Gasteiger partial charge is 0.337 e. The van der Waals surface area contributed by atoms with E-state index in [-0.39, 0.29) is 5.56 Å². The Morgan fingerprint density at radius 2 is 2.17 bits per heavy atom. The molecule has 0 aliphatic carbocycles. The second kappa shape index (κ2) is 3.69. The number of aryl methyl sites for hydroxylation is 1. The van der Waals surface area contributed by atoms with E-state index in [4.69, 9.17) is 0 Å². The molecule has 0 saturated carbocycles. The van der Waals surface area contributed by atoms with E-state index in [2.05, 4.69) is 10.1 Å². The fourth-order valence-electron chi connectivity index (χ4n) is 1.94. The summed E-state index contributed by atoms with van der Waals surface area (Å²) in [7, 11) is 1.81. The van der Waals surface area contributed by atoms with Crippen molar-refractivity contribution in [1.82, 2.24) is 19.3 Å². The minimum atomic E-state index is -0.974. The fraction of sp³-hybridized carbons (Fsp3) is 0.0833. The molecule has 18 heavy (non-hydrogen) atoms.